The van der Waals surface area contributed by atoms with Crippen molar-refractivity contribution in [2.45, 2.75) is 6.92 Å². The Balaban J connectivity index is 3.37. The van der Waals surface area contributed by atoms with Crippen molar-refractivity contribution in [3.8, 4) is 12.3 Å². The van der Waals surface area contributed by atoms with Crippen LogP contribution in [0, 0.1) is 24.1 Å². The van der Waals surface area contributed by atoms with Gasteiger partial charge in [-0.2, -0.15) is 0 Å². The van der Waals surface area contributed by atoms with E-state index in [1.165, 1.54) is 0 Å². The molecule has 46 valence electrons. The largest absolute Gasteiger partial charge is 0.434 e. The fraction of sp³-hybridized carbons (Fsp3) is 0.167. The van der Waals surface area contributed by atoms with Gasteiger partial charge in [-0.1, -0.05) is 0 Å². The molecule has 0 aliphatic heterocycles. The summed E-state index contributed by atoms with van der Waals surface area (Å²) >= 11 is 4.67. The van der Waals surface area contributed by atoms with Gasteiger partial charge in [-0.05, 0) is 25.1 Å². The second-order valence-corrected chi connectivity index (χ2v) is 1.96. The molecule has 0 unspecified atom stereocenters. The van der Waals surface area contributed by atoms with E-state index in [-0.39, 0.29) is 0 Å². The molecule has 2 nitrogen and oxygen atoms in total. The molecule has 0 spiro atoms. The lowest BCUT2D eigenvalue weighted by Crippen LogP contribution is -1.73. The van der Waals surface area contributed by atoms with Crippen LogP contribution in [0.15, 0.2) is 4.42 Å². The van der Waals surface area contributed by atoms with Crippen LogP contribution >= 0.6 is 12.2 Å². The molecule has 0 fully saturated rings. The number of H-pyrrole nitrogens is 1. The Labute approximate surface area is 57.9 Å². The van der Waals surface area contributed by atoms with Crippen LogP contribution in [0.3, 0.4) is 0 Å². The summed E-state index contributed by atoms with van der Waals surface area (Å²) in [6.45, 7) is 1.77. The van der Waals surface area contributed by atoms with Gasteiger partial charge in [-0.15, -0.1) is 6.42 Å². The summed E-state index contributed by atoms with van der Waals surface area (Å²) in [5.41, 5.74) is 0.625. The summed E-state index contributed by atoms with van der Waals surface area (Å²) in [6.07, 6.45) is 5.08. The van der Waals surface area contributed by atoms with Crippen LogP contribution in [-0.4, -0.2) is 4.98 Å². The zero-order valence-electron chi connectivity index (χ0n) is 4.89. The first kappa shape index (κ1) is 6.12. The number of aromatic amines is 1. The highest BCUT2D eigenvalue weighted by Gasteiger charge is 1.96. The van der Waals surface area contributed by atoms with E-state index in [1.807, 2.05) is 0 Å². The molecule has 0 saturated heterocycles. The van der Waals surface area contributed by atoms with E-state index in [2.05, 4.69) is 23.1 Å². The van der Waals surface area contributed by atoms with Crippen molar-refractivity contribution in [2.75, 3.05) is 0 Å². The summed E-state index contributed by atoms with van der Waals surface area (Å²) < 4.78 is 4.92. The van der Waals surface area contributed by atoms with Crippen LogP contribution in [-0.2, 0) is 0 Å². The zero-order valence-corrected chi connectivity index (χ0v) is 5.71. The summed E-state index contributed by atoms with van der Waals surface area (Å²) in [7, 11) is 0. The molecule has 1 N–H and O–H groups in total. The van der Waals surface area contributed by atoms with Gasteiger partial charge in [-0.25, -0.2) is 0 Å². The lowest BCUT2D eigenvalue weighted by Gasteiger charge is -1.77. The molecule has 1 heterocycles. The van der Waals surface area contributed by atoms with Crippen LogP contribution in [0.4, 0.5) is 0 Å². The summed E-state index contributed by atoms with van der Waals surface area (Å²) in [5, 5.41) is 0. The lowest BCUT2D eigenvalue weighted by atomic mass is 10.4. The maximum Gasteiger partial charge on any atom is 0.267 e. The molecule has 0 bridgehead atoms. The van der Waals surface area contributed by atoms with Gasteiger partial charge in [-0.3, -0.25) is 0 Å². The van der Waals surface area contributed by atoms with Crippen LogP contribution in [0.25, 0.3) is 0 Å². The number of terminal acetylenes is 1. The molecule has 1 aromatic rings. The zero-order chi connectivity index (χ0) is 6.85. The quantitative estimate of drug-likeness (QED) is 0.437. The first-order valence-electron chi connectivity index (χ1n) is 2.40. The first-order valence-corrected chi connectivity index (χ1v) is 2.81. The number of rotatable bonds is 0. The van der Waals surface area contributed by atoms with E-state index in [0.29, 0.717) is 16.3 Å². The second-order valence-electron chi connectivity index (χ2n) is 1.59. The number of hydrogen-bond donors (Lipinski definition) is 1. The van der Waals surface area contributed by atoms with Crippen molar-refractivity contribution in [1.29, 1.82) is 0 Å². The van der Waals surface area contributed by atoms with Gasteiger partial charge < -0.3 is 9.40 Å². The topological polar surface area (TPSA) is 28.9 Å². The molecule has 1 aromatic heterocycles. The number of hydrogen-bond acceptors (Lipinski definition) is 2. The van der Waals surface area contributed by atoms with Crippen molar-refractivity contribution in [3.05, 3.63) is 16.3 Å². The summed E-state index contributed by atoms with van der Waals surface area (Å²) in [6, 6.07) is 0. The van der Waals surface area contributed by atoms with E-state index in [4.69, 9.17) is 10.8 Å². The standard InChI is InChI=1S/C6H5NOS/c1-3-5-4(2)8-6(9)7-5/h1H,2H3,(H,7,9). The van der Waals surface area contributed by atoms with Crippen molar-refractivity contribution in [2.24, 2.45) is 0 Å². The molecular weight excluding hydrogens is 134 g/mol. The third-order valence-electron chi connectivity index (χ3n) is 0.969. The summed E-state index contributed by atoms with van der Waals surface area (Å²) in [5.74, 6) is 3.07. The van der Waals surface area contributed by atoms with Gasteiger partial charge in [0.2, 0.25) is 0 Å². The smallest absolute Gasteiger partial charge is 0.267 e. The van der Waals surface area contributed by atoms with Gasteiger partial charge >= 0.3 is 0 Å². The Kier molecular flexibility index (Phi) is 1.41. The third-order valence-corrected chi connectivity index (χ3v) is 1.15. The minimum Gasteiger partial charge on any atom is -0.434 e. The van der Waals surface area contributed by atoms with Gasteiger partial charge in [0.1, 0.15) is 11.5 Å². The number of aryl methyl sites for hydroxylation is 1. The van der Waals surface area contributed by atoms with E-state index >= 15 is 0 Å². The van der Waals surface area contributed by atoms with Crippen LogP contribution < -0.4 is 0 Å². The highest BCUT2D eigenvalue weighted by molar-refractivity contribution is 7.71. The van der Waals surface area contributed by atoms with E-state index < -0.39 is 0 Å². The number of oxazole rings is 1. The van der Waals surface area contributed by atoms with Gasteiger partial charge in [0.25, 0.3) is 4.84 Å². The number of nitrogens with one attached hydrogen (secondary N) is 1. The predicted molar refractivity (Wildman–Crippen MR) is 36.6 cm³/mol. The highest BCUT2D eigenvalue weighted by atomic mass is 32.1. The van der Waals surface area contributed by atoms with Crippen molar-refractivity contribution >= 4 is 12.2 Å². The van der Waals surface area contributed by atoms with Crippen LogP contribution in [0.1, 0.15) is 11.5 Å². The molecule has 0 atom stereocenters. The molecule has 0 aromatic carbocycles. The molecule has 0 amide bonds. The SMILES string of the molecule is C#Cc1[nH]c(=S)oc1C. The Morgan fingerprint density at radius 2 is 2.44 bits per heavy atom. The summed E-state index contributed by atoms with van der Waals surface area (Å²) in [4.78, 5) is 3.04. The molecule has 0 saturated carbocycles. The molecule has 9 heavy (non-hydrogen) atoms. The van der Waals surface area contributed by atoms with Crippen molar-refractivity contribution in [3.63, 3.8) is 0 Å². The fourth-order valence-corrected chi connectivity index (χ4v) is 0.770. The van der Waals surface area contributed by atoms with Crippen LogP contribution in [0.5, 0.6) is 0 Å². The van der Waals surface area contributed by atoms with E-state index in [1.54, 1.807) is 6.92 Å². The predicted octanol–water partition coefficient (Wildman–Crippen LogP) is 1.63. The first-order chi connectivity index (χ1) is 4.24. The lowest BCUT2D eigenvalue weighted by molar-refractivity contribution is 0.511. The van der Waals surface area contributed by atoms with Crippen molar-refractivity contribution in [1.82, 2.24) is 4.98 Å². The van der Waals surface area contributed by atoms with Crippen molar-refractivity contribution < 1.29 is 4.42 Å². The van der Waals surface area contributed by atoms with E-state index in [0.717, 1.165) is 0 Å². The van der Waals surface area contributed by atoms with Crippen LogP contribution in [0.2, 0.25) is 0 Å². The average molecular weight is 139 g/mol. The fourth-order valence-electron chi connectivity index (χ4n) is 0.543. The monoisotopic (exact) mass is 139 g/mol. The maximum atomic E-state index is 5.08. The Morgan fingerprint density at radius 1 is 1.78 bits per heavy atom. The minimum absolute atomic E-state index is 0.334. The molecule has 3 heteroatoms. The van der Waals surface area contributed by atoms with Gasteiger partial charge in [0, 0.05) is 0 Å². The molecule has 0 aliphatic rings. The maximum absolute atomic E-state index is 5.08. The van der Waals surface area contributed by atoms with E-state index in [9.17, 15) is 0 Å². The minimum atomic E-state index is 0.334. The van der Waals surface area contributed by atoms with Gasteiger partial charge in [0.15, 0.2) is 0 Å². The number of aromatic nitrogens is 1. The molecular formula is C6H5NOS. The Hall–Kier alpha value is -1.01. The Morgan fingerprint density at radius 3 is 2.67 bits per heavy atom. The molecule has 0 radical (unpaired) electrons. The highest BCUT2D eigenvalue weighted by Crippen LogP contribution is 2.03. The normalized spacial score (nSPS) is 8.89. The second kappa shape index (κ2) is 2.08. The molecule has 0 aliphatic carbocycles. The third kappa shape index (κ3) is 1.03. The molecule has 1 rings (SSSR count). The average Bonchev–Trinajstić information content (AvgIpc) is 2.10. The van der Waals surface area contributed by atoms with Gasteiger partial charge in [0.05, 0.1) is 0 Å². The Bertz CT molecular complexity index is 302.